The standard InChI is InChI=1S/C28H29ClN2O2S/c1-19-15-16-22(29)17-25(19)31-28(33)26(20-9-4-2-5-10-20)34-24-14-8-13-23(18-24)30-27(32)21-11-6-3-7-12-21/h2,4-5,8-10,13-18,21,26H,3,6-7,11-12H2,1H3,(H,30,32)(H,31,33). The number of anilines is 2. The lowest BCUT2D eigenvalue weighted by atomic mass is 9.88. The second-order valence-corrected chi connectivity index (χ2v) is 10.3. The van der Waals surface area contributed by atoms with Crippen molar-refractivity contribution >= 4 is 46.6 Å². The number of thioether (sulfide) groups is 1. The molecule has 1 saturated carbocycles. The van der Waals surface area contributed by atoms with E-state index in [4.69, 9.17) is 11.6 Å². The van der Waals surface area contributed by atoms with Crippen molar-refractivity contribution in [3.8, 4) is 0 Å². The van der Waals surface area contributed by atoms with Crippen molar-refractivity contribution in [2.24, 2.45) is 5.92 Å². The third kappa shape index (κ3) is 6.43. The van der Waals surface area contributed by atoms with Gasteiger partial charge in [-0.25, -0.2) is 0 Å². The molecule has 1 atom stereocenters. The molecule has 0 spiro atoms. The van der Waals surface area contributed by atoms with Gasteiger partial charge in [-0.15, -0.1) is 11.8 Å². The van der Waals surface area contributed by atoms with Gasteiger partial charge in [-0.05, 0) is 61.2 Å². The molecule has 3 aromatic rings. The van der Waals surface area contributed by atoms with Crippen LogP contribution in [0.2, 0.25) is 5.02 Å². The van der Waals surface area contributed by atoms with E-state index in [2.05, 4.69) is 10.6 Å². The van der Waals surface area contributed by atoms with Crippen LogP contribution in [0.15, 0.2) is 77.7 Å². The summed E-state index contributed by atoms with van der Waals surface area (Å²) in [5, 5.41) is 6.23. The number of rotatable bonds is 7. The zero-order chi connectivity index (χ0) is 23.9. The Morgan fingerprint density at radius 1 is 0.912 bits per heavy atom. The van der Waals surface area contributed by atoms with Crippen molar-refractivity contribution in [2.45, 2.75) is 49.2 Å². The van der Waals surface area contributed by atoms with E-state index in [0.717, 1.165) is 47.4 Å². The highest BCUT2D eigenvalue weighted by Crippen LogP contribution is 2.38. The first kappa shape index (κ1) is 24.4. The van der Waals surface area contributed by atoms with Gasteiger partial charge in [0.15, 0.2) is 0 Å². The number of amides is 2. The van der Waals surface area contributed by atoms with Crippen LogP contribution in [0.25, 0.3) is 0 Å². The highest BCUT2D eigenvalue weighted by molar-refractivity contribution is 8.00. The molecule has 34 heavy (non-hydrogen) atoms. The number of benzene rings is 3. The number of carbonyl (C=O) groups is 2. The summed E-state index contributed by atoms with van der Waals surface area (Å²) in [5.41, 5.74) is 3.31. The predicted octanol–water partition coefficient (Wildman–Crippen LogP) is 7.64. The molecule has 1 unspecified atom stereocenters. The van der Waals surface area contributed by atoms with Crippen molar-refractivity contribution in [2.75, 3.05) is 10.6 Å². The maximum absolute atomic E-state index is 13.4. The molecule has 0 saturated heterocycles. The van der Waals surface area contributed by atoms with Crippen LogP contribution in [0.4, 0.5) is 11.4 Å². The first-order valence-electron chi connectivity index (χ1n) is 11.7. The summed E-state index contributed by atoms with van der Waals surface area (Å²) in [7, 11) is 0. The Hall–Kier alpha value is -2.76. The Morgan fingerprint density at radius 3 is 2.44 bits per heavy atom. The average molecular weight is 493 g/mol. The van der Waals surface area contributed by atoms with E-state index < -0.39 is 5.25 Å². The van der Waals surface area contributed by atoms with Gasteiger partial charge >= 0.3 is 0 Å². The summed E-state index contributed by atoms with van der Waals surface area (Å²) >= 11 is 7.61. The fourth-order valence-electron chi connectivity index (χ4n) is 4.22. The molecule has 0 heterocycles. The van der Waals surface area contributed by atoms with E-state index in [9.17, 15) is 9.59 Å². The molecule has 2 amide bonds. The van der Waals surface area contributed by atoms with E-state index in [1.807, 2.05) is 73.7 Å². The second kappa shape index (κ2) is 11.6. The van der Waals surface area contributed by atoms with Crippen molar-refractivity contribution in [1.82, 2.24) is 0 Å². The van der Waals surface area contributed by atoms with E-state index in [-0.39, 0.29) is 17.7 Å². The Balaban J connectivity index is 1.52. The third-order valence-electron chi connectivity index (χ3n) is 6.13. The fourth-order valence-corrected chi connectivity index (χ4v) is 5.48. The summed E-state index contributed by atoms with van der Waals surface area (Å²) in [6, 6.07) is 22.9. The van der Waals surface area contributed by atoms with Crippen LogP contribution in [0, 0.1) is 12.8 Å². The number of halogens is 1. The number of nitrogens with one attached hydrogen (secondary N) is 2. The average Bonchev–Trinajstić information content (AvgIpc) is 2.86. The van der Waals surface area contributed by atoms with E-state index in [1.54, 1.807) is 6.07 Å². The third-order valence-corrected chi connectivity index (χ3v) is 7.61. The van der Waals surface area contributed by atoms with Crippen LogP contribution in [0.3, 0.4) is 0 Å². The Morgan fingerprint density at radius 2 is 1.68 bits per heavy atom. The molecule has 1 aliphatic carbocycles. The maximum atomic E-state index is 13.4. The highest BCUT2D eigenvalue weighted by atomic mass is 35.5. The number of hydrogen-bond donors (Lipinski definition) is 2. The molecule has 0 bridgehead atoms. The molecule has 0 aliphatic heterocycles. The van der Waals surface area contributed by atoms with Crippen LogP contribution in [-0.2, 0) is 9.59 Å². The van der Waals surface area contributed by atoms with Crippen LogP contribution < -0.4 is 10.6 Å². The molecular weight excluding hydrogens is 464 g/mol. The van der Waals surface area contributed by atoms with Gasteiger partial charge in [-0.2, -0.15) is 0 Å². The normalized spacial score (nSPS) is 14.9. The minimum atomic E-state index is -0.469. The minimum Gasteiger partial charge on any atom is -0.326 e. The van der Waals surface area contributed by atoms with E-state index in [1.165, 1.54) is 18.2 Å². The largest absolute Gasteiger partial charge is 0.326 e. The Kier molecular flexibility index (Phi) is 8.30. The van der Waals surface area contributed by atoms with Gasteiger partial charge in [0.05, 0.1) is 0 Å². The number of aryl methyl sites for hydroxylation is 1. The molecule has 1 aliphatic rings. The quantitative estimate of drug-likeness (QED) is 0.333. The van der Waals surface area contributed by atoms with E-state index in [0.29, 0.717) is 10.7 Å². The number of hydrogen-bond acceptors (Lipinski definition) is 3. The van der Waals surface area contributed by atoms with Crippen molar-refractivity contribution in [1.29, 1.82) is 0 Å². The van der Waals surface area contributed by atoms with Crippen LogP contribution in [-0.4, -0.2) is 11.8 Å². The first-order valence-corrected chi connectivity index (χ1v) is 12.9. The van der Waals surface area contributed by atoms with Gasteiger partial charge in [0, 0.05) is 27.2 Å². The van der Waals surface area contributed by atoms with E-state index >= 15 is 0 Å². The fraction of sp³-hybridized carbons (Fsp3) is 0.286. The summed E-state index contributed by atoms with van der Waals surface area (Å²) in [6.07, 6.45) is 5.37. The molecule has 3 aromatic carbocycles. The van der Waals surface area contributed by atoms with Crippen molar-refractivity contribution in [3.63, 3.8) is 0 Å². The van der Waals surface area contributed by atoms with Gasteiger partial charge in [-0.3, -0.25) is 9.59 Å². The lowest BCUT2D eigenvalue weighted by Crippen LogP contribution is -2.24. The van der Waals surface area contributed by atoms with Gasteiger partial charge in [0.2, 0.25) is 11.8 Å². The zero-order valence-electron chi connectivity index (χ0n) is 19.2. The first-order chi connectivity index (χ1) is 16.5. The molecule has 2 N–H and O–H groups in total. The second-order valence-electron chi connectivity index (χ2n) is 8.71. The summed E-state index contributed by atoms with van der Waals surface area (Å²) < 4.78 is 0. The Labute approximate surface area is 210 Å². The molecule has 176 valence electrons. The maximum Gasteiger partial charge on any atom is 0.242 e. The summed E-state index contributed by atoms with van der Waals surface area (Å²) in [5.74, 6) is 0.0580. The summed E-state index contributed by atoms with van der Waals surface area (Å²) in [4.78, 5) is 27.0. The Bertz CT molecular complexity index is 1150. The molecule has 4 rings (SSSR count). The molecule has 4 nitrogen and oxygen atoms in total. The molecule has 0 aromatic heterocycles. The van der Waals surface area contributed by atoms with Crippen molar-refractivity contribution < 1.29 is 9.59 Å². The summed E-state index contributed by atoms with van der Waals surface area (Å²) in [6.45, 7) is 1.94. The van der Waals surface area contributed by atoms with Crippen molar-refractivity contribution in [3.05, 3.63) is 88.9 Å². The lowest BCUT2D eigenvalue weighted by molar-refractivity contribution is -0.120. The molecule has 6 heteroatoms. The highest BCUT2D eigenvalue weighted by Gasteiger charge is 2.24. The van der Waals surface area contributed by atoms with Gasteiger partial charge in [0.1, 0.15) is 5.25 Å². The van der Waals surface area contributed by atoms with Crippen LogP contribution >= 0.6 is 23.4 Å². The smallest absolute Gasteiger partial charge is 0.242 e. The van der Waals surface area contributed by atoms with Crippen LogP contribution in [0.1, 0.15) is 48.5 Å². The van der Waals surface area contributed by atoms with Gasteiger partial charge < -0.3 is 10.6 Å². The van der Waals surface area contributed by atoms with Gasteiger partial charge in [0.25, 0.3) is 0 Å². The van der Waals surface area contributed by atoms with Crippen LogP contribution in [0.5, 0.6) is 0 Å². The topological polar surface area (TPSA) is 58.2 Å². The lowest BCUT2D eigenvalue weighted by Gasteiger charge is -2.21. The van der Waals surface area contributed by atoms with Gasteiger partial charge in [-0.1, -0.05) is 73.3 Å². The minimum absolute atomic E-state index is 0.0915. The molecular formula is C28H29ClN2O2S. The molecule has 1 fully saturated rings. The molecule has 0 radical (unpaired) electrons. The SMILES string of the molecule is Cc1ccc(Cl)cc1NC(=O)C(Sc1cccc(NC(=O)C2CCCCC2)c1)c1ccccc1. The number of carbonyl (C=O) groups excluding carboxylic acids is 2. The predicted molar refractivity (Wildman–Crippen MR) is 142 cm³/mol. The monoisotopic (exact) mass is 492 g/mol. The zero-order valence-corrected chi connectivity index (χ0v) is 20.8.